The maximum atomic E-state index is 4.79. The summed E-state index contributed by atoms with van der Waals surface area (Å²) in [5.41, 5.74) is 3.04. The smallest absolute Gasteiger partial charge is 0.115 e. The average molecular weight is 278 g/mol. The van der Waals surface area contributed by atoms with Crippen LogP contribution in [0.2, 0.25) is 0 Å². The van der Waals surface area contributed by atoms with E-state index in [4.69, 9.17) is 4.98 Å². The predicted molar refractivity (Wildman–Crippen MR) is 83.9 cm³/mol. The Morgan fingerprint density at radius 2 is 1.86 bits per heavy atom. The molecule has 1 aromatic carbocycles. The maximum absolute atomic E-state index is 4.79. The number of hydrogen-bond acceptors (Lipinski definition) is 4. The number of nitrogens with one attached hydrogen (secondary N) is 1. The molecule has 1 N–H and O–H groups in total. The summed E-state index contributed by atoms with van der Waals surface area (Å²) in [6, 6.07) is 12.4. The van der Waals surface area contributed by atoms with Gasteiger partial charge in [0.25, 0.3) is 0 Å². The Kier molecular flexibility index (Phi) is 4.17. The summed E-state index contributed by atoms with van der Waals surface area (Å²) in [5, 5.41) is 4.68. The molecule has 1 atom stereocenters. The van der Waals surface area contributed by atoms with Crippen LogP contribution in [0.25, 0.3) is 10.9 Å². The zero-order chi connectivity index (χ0) is 14.5. The topological polar surface area (TPSA) is 50.7 Å². The van der Waals surface area contributed by atoms with E-state index in [9.17, 15) is 0 Å². The molecule has 0 fully saturated rings. The van der Waals surface area contributed by atoms with Crippen LogP contribution in [0.1, 0.15) is 30.6 Å². The number of aromatic nitrogens is 3. The second kappa shape index (κ2) is 6.41. The largest absolute Gasteiger partial charge is 0.305 e. The van der Waals surface area contributed by atoms with Crippen molar-refractivity contribution < 1.29 is 0 Å². The van der Waals surface area contributed by atoms with Gasteiger partial charge in [0.15, 0.2) is 0 Å². The van der Waals surface area contributed by atoms with Crippen LogP contribution >= 0.6 is 0 Å². The Morgan fingerprint density at radius 3 is 2.67 bits per heavy atom. The number of pyridine rings is 1. The lowest BCUT2D eigenvalue weighted by atomic mass is 10.1. The van der Waals surface area contributed by atoms with Gasteiger partial charge in [-0.2, -0.15) is 0 Å². The normalized spacial score (nSPS) is 12.4. The minimum atomic E-state index is 0.0238. The highest BCUT2D eigenvalue weighted by molar-refractivity contribution is 5.78. The SMILES string of the molecule is CCCNC(c1cncnc1)c1ccc2ccccc2n1. The van der Waals surface area contributed by atoms with E-state index in [0.717, 1.165) is 35.1 Å². The minimum absolute atomic E-state index is 0.0238. The first-order valence-corrected chi connectivity index (χ1v) is 7.22. The molecule has 106 valence electrons. The molecule has 1 unspecified atom stereocenters. The zero-order valence-electron chi connectivity index (χ0n) is 12.0. The Labute approximate surface area is 124 Å². The summed E-state index contributed by atoms with van der Waals surface area (Å²) >= 11 is 0. The van der Waals surface area contributed by atoms with Gasteiger partial charge in [-0.25, -0.2) is 9.97 Å². The molecular weight excluding hydrogens is 260 g/mol. The summed E-state index contributed by atoms with van der Waals surface area (Å²) in [7, 11) is 0. The zero-order valence-corrected chi connectivity index (χ0v) is 12.0. The van der Waals surface area contributed by atoms with Crippen molar-refractivity contribution in [3.8, 4) is 0 Å². The van der Waals surface area contributed by atoms with Crippen molar-refractivity contribution >= 4 is 10.9 Å². The monoisotopic (exact) mass is 278 g/mol. The molecule has 0 saturated carbocycles. The van der Waals surface area contributed by atoms with E-state index in [-0.39, 0.29) is 6.04 Å². The van der Waals surface area contributed by atoms with E-state index >= 15 is 0 Å². The van der Waals surface area contributed by atoms with Crippen molar-refractivity contribution in [3.63, 3.8) is 0 Å². The van der Waals surface area contributed by atoms with Gasteiger partial charge in [-0.05, 0) is 25.1 Å². The molecule has 0 saturated heterocycles. The van der Waals surface area contributed by atoms with Crippen LogP contribution in [0, 0.1) is 0 Å². The van der Waals surface area contributed by atoms with Gasteiger partial charge in [-0.3, -0.25) is 4.98 Å². The van der Waals surface area contributed by atoms with Crippen LogP contribution in [0.4, 0.5) is 0 Å². The lowest BCUT2D eigenvalue weighted by Crippen LogP contribution is -2.24. The van der Waals surface area contributed by atoms with Crippen LogP contribution in [-0.4, -0.2) is 21.5 Å². The summed E-state index contributed by atoms with van der Waals surface area (Å²) in [4.78, 5) is 13.0. The fourth-order valence-corrected chi connectivity index (χ4v) is 2.38. The van der Waals surface area contributed by atoms with Crippen molar-refractivity contribution in [1.29, 1.82) is 0 Å². The molecule has 21 heavy (non-hydrogen) atoms. The molecule has 0 bridgehead atoms. The first kappa shape index (κ1) is 13.6. The average Bonchev–Trinajstić information content (AvgIpc) is 2.56. The van der Waals surface area contributed by atoms with Crippen LogP contribution < -0.4 is 5.32 Å². The van der Waals surface area contributed by atoms with Crippen LogP contribution in [0.3, 0.4) is 0 Å². The van der Waals surface area contributed by atoms with E-state index in [1.807, 2.05) is 30.6 Å². The van der Waals surface area contributed by atoms with Crippen molar-refractivity contribution in [2.24, 2.45) is 0 Å². The maximum Gasteiger partial charge on any atom is 0.115 e. The molecular formula is C17H18N4. The van der Waals surface area contributed by atoms with Crippen molar-refractivity contribution in [2.75, 3.05) is 6.54 Å². The third kappa shape index (κ3) is 3.06. The van der Waals surface area contributed by atoms with Gasteiger partial charge in [0, 0.05) is 23.3 Å². The first-order chi connectivity index (χ1) is 10.4. The molecule has 0 aliphatic heterocycles. The van der Waals surface area contributed by atoms with E-state index in [2.05, 4.69) is 40.4 Å². The lowest BCUT2D eigenvalue weighted by molar-refractivity contribution is 0.584. The molecule has 0 radical (unpaired) electrons. The van der Waals surface area contributed by atoms with Crippen molar-refractivity contribution in [3.05, 3.63) is 66.4 Å². The Hall–Kier alpha value is -2.33. The van der Waals surface area contributed by atoms with Gasteiger partial charge >= 0.3 is 0 Å². The predicted octanol–water partition coefficient (Wildman–Crippen LogP) is 3.11. The Balaban J connectivity index is 2.01. The fraction of sp³-hybridized carbons (Fsp3) is 0.235. The van der Waals surface area contributed by atoms with Gasteiger partial charge in [0.2, 0.25) is 0 Å². The van der Waals surface area contributed by atoms with E-state index < -0.39 is 0 Å². The summed E-state index contributed by atoms with van der Waals surface area (Å²) in [6.07, 6.45) is 6.31. The van der Waals surface area contributed by atoms with Crippen LogP contribution in [0.5, 0.6) is 0 Å². The standard InChI is InChI=1S/C17H18N4/c1-2-9-20-17(14-10-18-12-19-11-14)16-8-7-13-5-3-4-6-15(13)21-16/h3-8,10-12,17,20H,2,9H2,1H3. The number of para-hydroxylation sites is 1. The van der Waals surface area contributed by atoms with E-state index in [1.165, 1.54) is 0 Å². The molecule has 0 spiro atoms. The highest BCUT2D eigenvalue weighted by Crippen LogP contribution is 2.21. The fourth-order valence-electron chi connectivity index (χ4n) is 2.38. The van der Waals surface area contributed by atoms with Gasteiger partial charge in [-0.15, -0.1) is 0 Å². The number of benzene rings is 1. The first-order valence-electron chi connectivity index (χ1n) is 7.22. The van der Waals surface area contributed by atoms with Gasteiger partial charge in [0.05, 0.1) is 17.3 Å². The minimum Gasteiger partial charge on any atom is -0.305 e. The van der Waals surface area contributed by atoms with Gasteiger partial charge in [-0.1, -0.05) is 31.2 Å². The van der Waals surface area contributed by atoms with Gasteiger partial charge in [0.1, 0.15) is 6.33 Å². The summed E-state index contributed by atoms with van der Waals surface area (Å²) in [5.74, 6) is 0. The molecule has 0 aliphatic carbocycles. The molecule has 4 heteroatoms. The van der Waals surface area contributed by atoms with Crippen LogP contribution in [0.15, 0.2) is 55.1 Å². The Bertz CT molecular complexity index is 712. The molecule has 0 amide bonds. The molecule has 0 aliphatic rings. The second-order valence-corrected chi connectivity index (χ2v) is 4.99. The third-order valence-electron chi connectivity index (χ3n) is 3.43. The quantitative estimate of drug-likeness (QED) is 0.779. The second-order valence-electron chi connectivity index (χ2n) is 4.99. The highest BCUT2D eigenvalue weighted by atomic mass is 14.9. The molecule has 2 heterocycles. The van der Waals surface area contributed by atoms with Crippen molar-refractivity contribution in [2.45, 2.75) is 19.4 Å². The number of rotatable bonds is 5. The van der Waals surface area contributed by atoms with E-state index in [0.29, 0.717) is 0 Å². The molecule has 4 nitrogen and oxygen atoms in total. The molecule has 2 aromatic heterocycles. The van der Waals surface area contributed by atoms with Crippen LogP contribution in [-0.2, 0) is 0 Å². The lowest BCUT2D eigenvalue weighted by Gasteiger charge is -2.18. The molecule has 3 aromatic rings. The summed E-state index contributed by atoms with van der Waals surface area (Å²) in [6.45, 7) is 3.08. The van der Waals surface area contributed by atoms with Crippen molar-refractivity contribution in [1.82, 2.24) is 20.3 Å². The Morgan fingerprint density at radius 1 is 1.05 bits per heavy atom. The molecule has 3 rings (SSSR count). The number of nitrogens with zero attached hydrogens (tertiary/aromatic N) is 3. The number of hydrogen-bond donors (Lipinski definition) is 1. The summed E-state index contributed by atoms with van der Waals surface area (Å²) < 4.78 is 0. The van der Waals surface area contributed by atoms with E-state index in [1.54, 1.807) is 6.33 Å². The highest BCUT2D eigenvalue weighted by Gasteiger charge is 2.15. The third-order valence-corrected chi connectivity index (χ3v) is 3.43. The van der Waals surface area contributed by atoms with Gasteiger partial charge < -0.3 is 5.32 Å². The number of fused-ring (bicyclic) bond motifs is 1.